The molecule has 1 aliphatic rings. The molecular weight excluding hydrogens is 307 g/mol. The number of hydrogen-bond donors (Lipinski definition) is 1. The number of aromatic nitrogens is 2. The molecule has 0 atom stereocenters. The summed E-state index contributed by atoms with van der Waals surface area (Å²) in [6.45, 7) is 2.39. The Morgan fingerprint density at radius 3 is 2.75 bits per heavy atom. The van der Waals surface area contributed by atoms with Gasteiger partial charge in [0.2, 0.25) is 5.91 Å². The van der Waals surface area contributed by atoms with E-state index < -0.39 is 0 Å². The van der Waals surface area contributed by atoms with Crippen LogP contribution in [-0.2, 0) is 18.4 Å². The Morgan fingerprint density at radius 2 is 2.08 bits per heavy atom. The highest BCUT2D eigenvalue weighted by molar-refractivity contribution is 5.78. The third-order valence-electron chi connectivity index (χ3n) is 4.58. The number of carbonyl (C=O) groups excluding carboxylic acids is 1. The lowest BCUT2D eigenvalue weighted by atomic mass is 9.91. The molecule has 3 rings (SSSR count). The minimum atomic E-state index is -0.282. The van der Waals surface area contributed by atoms with Crippen LogP contribution in [0.2, 0.25) is 0 Å². The zero-order valence-electron chi connectivity index (χ0n) is 13.9. The van der Waals surface area contributed by atoms with Gasteiger partial charge in [-0.1, -0.05) is 18.2 Å². The van der Waals surface area contributed by atoms with Crippen LogP contribution in [0.5, 0.6) is 0 Å². The van der Waals surface area contributed by atoms with E-state index >= 15 is 0 Å². The van der Waals surface area contributed by atoms with Gasteiger partial charge in [0.05, 0.1) is 12.7 Å². The quantitative estimate of drug-likeness (QED) is 0.913. The Labute approximate surface area is 141 Å². The summed E-state index contributed by atoms with van der Waals surface area (Å²) in [5, 5.41) is 7.03. The van der Waals surface area contributed by atoms with Crippen LogP contribution in [0.4, 0.5) is 4.39 Å². The van der Waals surface area contributed by atoms with Gasteiger partial charge in [0, 0.05) is 25.4 Å². The van der Waals surface area contributed by atoms with Crippen molar-refractivity contribution < 1.29 is 9.18 Å². The van der Waals surface area contributed by atoms with Crippen LogP contribution in [-0.4, -0.2) is 40.2 Å². The molecule has 1 saturated heterocycles. The maximum absolute atomic E-state index is 13.5. The molecule has 0 saturated carbocycles. The summed E-state index contributed by atoms with van der Waals surface area (Å²) in [4.78, 5) is 14.2. The molecule has 0 radical (unpaired) electrons. The Hall–Kier alpha value is -2.21. The number of nitrogens with zero attached hydrogens (tertiary/aromatic N) is 3. The van der Waals surface area contributed by atoms with E-state index in [2.05, 4.69) is 21.5 Å². The molecule has 0 bridgehead atoms. The molecule has 24 heavy (non-hydrogen) atoms. The van der Waals surface area contributed by atoms with Gasteiger partial charge in [0.25, 0.3) is 0 Å². The third kappa shape index (κ3) is 4.20. The zero-order chi connectivity index (χ0) is 16.9. The van der Waals surface area contributed by atoms with E-state index in [1.165, 1.54) is 11.6 Å². The summed E-state index contributed by atoms with van der Waals surface area (Å²) >= 11 is 0. The number of aryl methyl sites for hydroxylation is 1. The molecule has 1 fully saturated rings. The van der Waals surface area contributed by atoms with Gasteiger partial charge in [0.15, 0.2) is 0 Å². The summed E-state index contributed by atoms with van der Waals surface area (Å²) in [7, 11) is 1.93. The van der Waals surface area contributed by atoms with Crippen molar-refractivity contribution in [2.24, 2.45) is 7.05 Å². The summed E-state index contributed by atoms with van der Waals surface area (Å²) in [5.74, 6) is 0.185. The van der Waals surface area contributed by atoms with E-state index in [9.17, 15) is 9.18 Å². The van der Waals surface area contributed by atoms with Gasteiger partial charge < -0.3 is 5.32 Å². The normalized spacial score (nSPS) is 16.2. The van der Waals surface area contributed by atoms with Crippen LogP contribution >= 0.6 is 0 Å². The highest BCUT2D eigenvalue weighted by atomic mass is 19.1. The predicted molar refractivity (Wildman–Crippen MR) is 89.9 cm³/mol. The summed E-state index contributed by atoms with van der Waals surface area (Å²) in [6, 6.07) is 6.51. The van der Waals surface area contributed by atoms with Gasteiger partial charge in [0.1, 0.15) is 5.82 Å². The van der Waals surface area contributed by atoms with Gasteiger partial charge in [-0.3, -0.25) is 14.4 Å². The maximum Gasteiger partial charge on any atom is 0.234 e. The average Bonchev–Trinajstić information content (AvgIpc) is 3.01. The maximum atomic E-state index is 13.5. The number of carbonyl (C=O) groups is 1. The van der Waals surface area contributed by atoms with Gasteiger partial charge in [-0.25, -0.2) is 4.39 Å². The van der Waals surface area contributed by atoms with E-state index in [0.29, 0.717) is 18.0 Å². The Kier molecular flexibility index (Phi) is 5.25. The van der Waals surface area contributed by atoms with Crippen molar-refractivity contribution in [1.29, 1.82) is 0 Å². The topological polar surface area (TPSA) is 50.2 Å². The third-order valence-corrected chi connectivity index (χ3v) is 4.58. The van der Waals surface area contributed by atoms with Crippen molar-refractivity contribution in [3.8, 4) is 0 Å². The fourth-order valence-electron chi connectivity index (χ4n) is 3.17. The van der Waals surface area contributed by atoms with E-state index in [1.807, 2.05) is 17.9 Å². The molecule has 128 valence electrons. The second-order valence-corrected chi connectivity index (χ2v) is 6.37. The number of hydrogen-bond acceptors (Lipinski definition) is 3. The summed E-state index contributed by atoms with van der Waals surface area (Å²) < 4.78 is 15.4. The monoisotopic (exact) mass is 330 g/mol. The number of rotatable bonds is 5. The number of amides is 1. The van der Waals surface area contributed by atoms with E-state index in [1.54, 1.807) is 18.2 Å². The summed E-state index contributed by atoms with van der Waals surface area (Å²) in [5.41, 5.74) is 1.79. The lowest BCUT2D eigenvalue weighted by molar-refractivity contribution is -0.122. The van der Waals surface area contributed by atoms with Crippen molar-refractivity contribution in [3.05, 3.63) is 53.6 Å². The lowest BCUT2D eigenvalue weighted by Crippen LogP contribution is -2.41. The van der Waals surface area contributed by atoms with Crippen molar-refractivity contribution in [1.82, 2.24) is 20.0 Å². The predicted octanol–water partition coefficient (Wildman–Crippen LogP) is 2.05. The average molecular weight is 330 g/mol. The van der Waals surface area contributed by atoms with Gasteiger partial charge in [-0.15, -0.1) is 0 Å². The molecule has 2 aromatic rings. The van der Waals surface area contributed by atoms with Crippen LogP contribution in [0.15, 0.2) is 36.7 Å². The summed E-state index contributed by atoms with van der Waals surface area (Å²) in [6.07, 6.45) is 6.07. The molecule has 1 aromatic carbocycles. The first kappa shape index (κ1) is 16.6. The molecule has 0 unspecified atom stereocenters. The second kappa shape index (κ2) is 7.57. The van der Waals surface area contributed by atoms with Crippen LogP contribution in [0.3, 0.4) is 0 Å². The molecule has 6 heteroatoms. The van der Waals surface area contributed by atoms with Gasteiger partial charge >= 0.3 is 0 Å². The standard InChI is InChI=1S/C18H23FN4O/c1-22-12-16(11-21-22)14-6-8-23(9-7-14)13-18(24)20-10-15-4-2-3-5-17(15)19/h2-5,11-12,14H,6-10,13H2,1H3,(H,20,24). The molecule has 0 spiro atoms. The van der Waals surface area contributed by atoms with Crippen molar-refractivity contribution in [3.63, 3.8) is 0 Å². The molecule has 2 heterocycles. The highest BCUT2D eigenvalue weighted by Crippen LogP contribution is 2.27. The molecule has 0 aliphatic carbocycles. The molecule has 1 N–H and O–H groups in total. The Morgan fingerprint density at radius 1 is 1.33 bits per heavy atom. The molecule has 1 aliphatic heterocycles. The van der Waals surface area contributed by atoms with Crippen molar-refractivity contribution >= 4 is 5.91 Å². The first-order chi connectivity index (χ1) is 11.6. The van der Waals surface area contributed by atoms with Crippen molar-refractivity contribution in [2.45, 2.75) is 25.3 Å². The van der Waals surface area contributed by atoms with Crippen LogP contribution < -0.4 is 5.32 Å². The Balaban J connectivity index is 1.42. The van der Waals surface area contributed by atoms with E-state index in [0.717, 1.165) is 25.9 Å². The van der Waals surface area contributed by atoms with Gasteiger partial charge in [-0.05, 0) is 43.5 Å². The number of piperidine rings is 1. The number of benzene rings is 1. The molecule has 1 aromatic heterocycles. The fourth-order valence-corrected chi connectivity index (χ4v) is 3.17. The lowest BCUT2D eigenvalue weighted by Gasteiger charge is -2.31. The Bertz CT molecular complexity index is 692. The van der Waals surface area contributed by atoms with E-state index in [4.69, 9.17) is 0 Å². The number of likely N-dealkylation sites (tertiary alicyclic amines) is 1. The first-order valence-corrected chi connectivity index (χ1v) is 8.33. The largest absolute Gasteiger partial charge is 0.351 e. The van der Waals surface area contributed by atoms with Crippen molar-refractivity contribution in [2.75, 3.05) is 19.6 Å². The van der Waals surface area contributed by atoms with Crippen LogP contribution in [0, 0.1) is 5.82 Å². The smallest absolute Gasteiger partial charge is 0.234 e. The SMILES string of the molecule is Cn1cc(C2CCN(CC(=O)NCc3ccccc3F)CC2)cn1. The first-order valence-electron chi connectivity index (χ1n) is 8.33. The minimum absolute atomic E-state index is 0.0573. The minimum Gasteiger partial charge on any atom is -0.351 e. The van der Waals surface area contributed by atoms with E-state index in [-0.39, 0.29) is 18.3 Å². The van der Waals surface area contributed by atoms with Crippen LogP contribution in [0.1, 0.15) is 29.9 Å². The molecule has 5 nitrogen and oxygen atoms in total. The number of nitrogens with one attached hydrogen (secondary N) is 1. The zero-order valence-corrected chi connectivity index (χ0v) is 13.9. The van der Waals surface area contributed by atoms with Crippen LogP contribution in [0.25, 0.3) is 0 Å². The molecular formula is C18H23FN4O. The number of halogens is 1. The second-order valence-electron chi connectivity index (χ2n) is 6.37. The fraction of sp³-hybridized carbons (Fsp3) is 0.444. The van der Waals surface area contributed by atoms with Gasteiger partial charge in [-0.2, -0.15) is 5.10 Å². The highest BCUT2D eigenvalue weighted by Gasteiger charge is 2.22. The molecule has 1 amide bonds.